The molecule has 0 N–H and O–H groups in total. The van der Waals surface area contributed by atoms with Crippen molar-refractivity contribution in [2.24, 2.45) is 0 Å². The molecule has 0 saturated carbocycles. The van der Waals surface area contributed by atoms with Crippen molar-refractivity contribution < 1.29 is 14.1 Å². The van der Waals surface area contributed by atoms with Crippen molar-refractivity contribution in [1.82, 2.24) is 4.90 Å². The van der Waals surface area contributed by atoms with E-state index in [0.717, 1.165) is 35.9 Å². The first-order valence-corrected chi connectivity index (χ1v) is 12.9. The van der Waals surface area contributed by atoms with Crippen molar-refractivity contribution >= 4 is 34.4 Å². The minimum atomic E-state index is -0.466. The third-order valence-corrected chi connectivity index (χ3v) is 7.29. The van der Waals surface area contributed by atoms with Crippen LogP contribution in [0.3, 0.4) is 0 Å². The summed E-state index contributed by atoms with van der Waals surface area (Å²) in [5.74, 6) is 0.0956. The van der Waals surface area contributed by atoms with Crippen molar-refractivity contribution in [2.75, 3.05) is 13.1 Å². The Bertz CT molecular complexity index is 695. The Morgan fingerprint density at radius 3 is 1.90 bits per heavy atom. The van der Waals surface area contributed by atoms with Crippen LogP contribution < -0.4 is 5.46 Å². The second-order valence-electron chi connectivity index (χ2n) is 9.74. The first kappa shape index (κ1) is 26.4. The molecule has 0 unspecified atom stereocenters. The van der Waals surface area contributed by atoms with Crippen LogP contribution >= 0.6 is 15.9 Å². The molecule has 1 aromatic carbocycles. The van der Waals surface area contributed by atoms with E-state index in [2.05, 4.69) is 29.8 Å². The molecule has 1 aliphatic heterocycles. The van der Waals surface area contributed by atoms with Crippen LogP contribution in [0.25, 0.3) is 0 Å². The van der Waals surface area contributed by atoms with E-state index in [4.69, 9.17) is 9.31 Å². The van der Waals surface area contributed by atoms with Gasteiger partial charge in [-0.15, -0.1) is 0 Å². The van der Waals surface area contributed by atoms with E-state index in [0.29, 0.717) is 5.56 Å². The number of carbonyl (C=O) groups is 1. The maximum absolute atomic E-state index is 13.5. The Labute approximate surface area is 198 Å². The van der Waals surface area contributed by atoms with Gasteiger partial charge in [-0.1, -0.05) is 58.4 Å². The fourth-order valence-electron chi connectivity index (χ4n) is 3.78. The quantitative estimate of drug-likeness (QED) is 0.251. The summed E-state index contributed by atoms with van der Waals surface area (Å²) in [5, 5.41) is 0. The standard InChI is InChI=1S/C25H41BBrNO3/c1-7-9-11-13-17-28(18-14-12-10-8-2)23(29)21-19-20(15-16-22(21)27)26-30-24(3,4)25(5,6)31-26/h15-16,19H,7-14,17-18H2,1-6H3. The van der Waals surface area contributed by atoms with Gasteiger partial charge in [0.15, 0.2) is 0 Å². The Morgan fingerprint density at radius 1 is 0.903 bits per heavy atom. The van der Waals surface area contributed by atoms with Gasteiger partial charge in [0.25, 0.3) is 5.91 Å². The van der Waals surface area contributed by atoms with Gasteiger partial charge >= 0.3 is 7.12 Å². The van der Waals surface area contributed by atoms with Gasteiger partial charge in [-0.2, -0.15) is 0 Å². The molecule has 0 radical (unpaired) electrons. The Morgan fingerprint density at radius 2 is 1.42 bits per heavy atom. The van der Waals surface area contributed by atoms with Gasteiger partial charge in [0.05, 0.1) is 16.8 Å². The topological polar surface area (TPSA) is 38.8 Å². The average Bonchev–Trinajstić information content (AvgIpc) is 2.93. The zero-order chi connectivity index (χ0) is 23.1. The van der Waals surface area contributed by atoms with E-state index in [-0.39, 0.29) is 5.91 Å². The van der Waals surface area contributed by atoms with Crippen molar-refractivity contribution in [2.45, 2.75) is 104 Å². The summed E-state index contributed by atoms with van der Waals surface area (Å²) in [6.07, 6.45) is 9.30. The Kier molecular flexibility index (Phi) is 10.1. The molecule has 1 aromatic rings. The fourth-order valence-corrected chi connectivity index (χ4v) is 4.19. The highest BCUT2D eigenvalue weighted by atomic mass is 79.9. The van der Waals surface area contributed by atoms with Crippen LogP contribution in [0.5, 0.6) is 0 Å². The number of benzene rings is 1. The van der Waals surface area contributed by atoms with Gasteiger partial charge in [0.2, 0.25) is 0 Å². The molecule has 1 saturated heterocycles. The average molecular weight is 494 g/mol. The van der Waals surface area contributed by atoms with Crippen LogP contribution in [0.1, 0.15) is 103 Å². The second-order valence-corrected chi connectivity index (χ2v) is 10.6. The van der Waals surface area contributed by atoms with Crippen molar-refractivity contribution in [1.29, 1.82) is 0 Å². The zero-order valence-corrected chi connectivity index (χ0v) is 22.0. The summed E-state index contributed by atoms with van der Waals surface area (Å²) < 4.78 is 13.2. The smallest absolute Gasteiger partial charge is 0.399 e. The highest BCUT2D eigenvalue weighted by molar-refractivity contribution is 9.10. The lowest BCUT2D eigenvalue weighted by Gasteiger charge is -2.32. The lowest BCUT2D eigenvalue weighted by atomic mass is 9.78. The van der Waals surface area contributed by atoms with Crippen LogP contribution in [0, 0.1) is 0 Å². The summed E-state index contributed by atoms with van der Waals surface area (Å²) in [7, 11) is -0.466. The van der Waals surface area contributed by atoms with E-state index in [1.165, 1.54) is 38.5 Å². The number of hydrogen-bond acceptors (Lipinski definition) is 3. The van der Waals surface area contributed by atoms with Crippen LogP contribution in [0.2, 0.25) is 0 Å². The van der Waals surface area contributed by atoms with Gasteiger partial charge in [0, 0.05) is 17.6 Å². The van der Waals surface area contributed by atoms with E-state index < -0.39 is 18.3 Å². The highest BCUT2D eigenvalue weighted by Crippen LogP contribution is 2.36. The minimum Gasteiger partial charge on any atom is -0.399 e. The molecule has 2 rings (SSSR count). The van der Waals surface area contributed by atoms with Crippen LogP contribution in [0.15, 0.2) is 22.7 Å². The summed E-state index contributed by atoms with van der Waals surface area (Å²) >= 11 is 3.61. The van der Waals surface area contributed by atoms with Gasteiger partial charge in [0.1, 0.15) is 0 Å². The molecule has 1 fully saturated rings. The Balaban J connectivity index is 2.18. The highest BCUT2D eigenvalue weighted by Gasteiger charge is 2.51. The van der Waals surface area contributed by atoms with Gasteiger partial charge in [-0.25, -0.2) is 0 Å². The normalized spacial score (nSPS) is 17.2. The monoisotopic (exact) mass is 493 g/mol. The zero-order valence-electron chi connectivity index (χ0n) is 20.4. The van der Waals surface area contributed by atoms with E-state index >= 15 is 0 Å². The van der Waals surface area contributed by atoms with E-state index in [1.54, 1.807) is 0 Å². The van der Waals surface area contributed by atoms with Crippen LogP contribution in [0.4, 0.5) is 0 Å². The predicted molar refractivity (Wildman–Crippen MR) is 134 cm³/mol. The molecule has 1 amide bonds. The molecule has 0 spiro atoms. The molecule has 6 heteroatoms. The van der Waals surface area contributed by atoms with Gasteiger partial charge in [-0.05, 0) is 74.1 Å². The number of halogens is 1. The maximum atomic E-state index is 13.5. The molecule has 4 nitrogen and oxygen atoms in total. The number of amides is 1. The van der Waals surface area contributed by atoms with Crippen molar-refractivity contribution in [3.05, 3.63) is 28.2 Å². The SMILES string of the molecule is CCCCCCN(CCCCCC)C(=O)c1cc(B2OC(C)(C)C(C)(C)O2)ccc1Br. The summed E-state index contributed by atoms with van der Waals surface area (Å²) in [5.41, 5.74) is 0.777. The molecule has 0 aliphatic carbocycles. The second kappa shape index (κ2) is 11.9. The molecular formula is C25H41BBrNO3. The summed E-state index contributed by atoms with van der Waals surface area (Å²) in [6.45, 7) is 14.3. The number of nitrogens with zero attached hydrogens (tertiary/aromatic N) is 1. The van der Waals surface area contributed by atoms with Crippen molar-refractivity contribution in [3.63, 3.8) is 0 Å². The number of carbonyl (C=O) groups excluding carboxylic acids is 1. The molecule has 0 atom stereocenters. The van der Waals surface area contributed by atoms with E-state index in [9.17, 15) is 4.79 Å². The number of hydrogen-bond donors (Lipinski definition) is 0. The Hall–Kier alpha value is -0.845. The maximum Gasteiger partial charge on any atom is 0.494 e. The lowest BCUT2D eigenvalue weighted by molar-refractivity contribution is 0.00578. The molecule has 0 aromatic heterocycles. The number of rotatable bonds is 12. The lowest BCUT2D eigenvalue weighted by Crippen LogP contribution is -2.41. The molecule has 1 aliphatic rings. The van der Waals surface area contributed by atoms with Crippen LogP contribution in [-0.4, -0.2) is 42.2 Å². The third-order valence-electron chi connectivity index (χ3n) is 6.60. The first-order chi connectivity index (χ1) is 14.6. The minimum absolute atomic E-state index is 0.0956. The fraction of sp³-hybridized carbons (Fsp3) is 0.720. The van der Waals surface area contributed by atoms with Gasteiger partial charge in [-0.3, -0.25) is 4.79 Å². The van der Waals surface area contributed by atoms with E-state index in [1.807, 2.05) is 50.8 Å². The summed E-state index contributed by atoms with van der Waals surface area (Å²) in [6, 6.07) is 5.87. The largest absolute Gasteiger partial charge is 0.494 e. The third kappa shape index (κ3) is 7.07. The van der Waals surface area contributed by atoms with Crippen LogP contribution in [-0.2, 0) is 9.31 Å². The molecule has 174 valence electrons. The molecule has 0 bridgehead atoms. The molecular weight excluding hydrogens is 453 g/mol. The van der Waals surface area contributed by atoms with Gasteiger partial charge < -0.3 is 14.2 Å². The predicted octanol–water partition coefficient (Wildman–Crippen LogP) is 6.35. The first-order valence-electron chi connectivity index (χ1n) is 12.1. The van der Waals surface area contributed by atoms with Crippen molar-refractivity contribution in [3.8, 4) is 0 Å². The molecule has 1 heterocycles. The summed E-state index contributed by atoms with van der Waals surface area (Å²) in [4.78, 5) is 15.6. The number of unbranched alkanes of at least 4 members (excludes halogenated alkanes) is 6. The molecule has 31 heavy (non-hydrogen) atoms.